The van der Waals surface area contributed by atoms with E-state index in [-0.39, 0.29) is 11.9 Å². The number of amides is 1. The van der Waals surface area contributed by atoms with E-state index >= 15 is 0 Å². The smallest absolute Gasteiger partial charge is 0.259 e. The molecule has 6 nitrogen and oxygen atoms in total. The molecule has 0 aliphatic carbocycles. The molecule has 1 amide bonds. The molecule has 180 valence electrons. The summed E-state index contributed by atoms with van der Waals surface area (Å²) in [5.74, 6) is -0.00960. The maximum absolute atomic E-state index is 13.6. The molecule has 0 saturated carbocycles. The van der Waals surface area contributed by atoms with Crippen LogP contribution >= 0.6 is 11.6 Å². The van der Waals surface area contributed by atoms with Gasteiger partial charge in [-0.1, -0.05) is 35.9 Å². The minimum atomic E-state index is -0.00960. The molecule has 5 rings (SSSR count). The molecule has 1 aliphatic heterocycles. The lowest BCUT2D eigenvalue weighted by Gasteiger charge is -2.41. The molecular weight excluding hydrogens is 458 g/mol. The van der Waals surface area contributed by atoms with Crippen molar-refractivity contribution in [3.63, 3.8) is 0 Å². The lowest BCUT2D eigenvalue weighted by molar-refractivity contribution is 0.0728. The third kappa shape index (κ3) is 4.50. The van der Waals surface area contributed by atoms with Crippen molar-refractivity contribution in [3.8, 4) is 0 Å². The number of fused-ring (bicyclic) bond motifs is 1. The first kappa shape index (κ1) is 23.4. The Balaban J connectivity index is 1.39. The molecule has 1 aliphatic rings. The van der Waals surface area contributed by atoms with Crippen molar-refractivity contribution in [3.05, 3.63) is 93.4 Å². The Morgan fingerprint density at radius 1 is 1.09 bits per heavy atom. The average molecular weight is 488 g/mol. The van der Waals surface area contributed by atoms with Gasteiger partial charge in [-0.15, -0.1) is 0 Å². The van der Waals surface area contributed by atoms with E-state index in [1.165, 1.54) is 11.3 Å². The van der Waals surface area contributed by atoms with Gasteiger partial charge < -0.3 is 9.80 Å². The predicted octanol–water partition coefficient (Wildman–Crippen LogP) is 5.25. The van der Waals surface area contributed by atoms with E-state index in [0.29, 0.717) is 30.7 Å². The summed E-state index contributed by atoms with van der Waals surface area (Å²) in [7, 11) is 0. The Labute approximate surface area is 211 Å². The largest absolute Gasteiger partial charge is 0.365 e. The Hall–Kier alpha value is -3.38. The van der Waals surface area contributed by atoms with Gasteiger partial charge in [-0.25, -0.2) is 9.50 Å². The zero-order valence-electron chi connectivity index (χ0n) is 20.6. The topological polar surface area (TPSA) is 53.7 Å². The molecule has 2 aromatic heterocycles. The summed E-state index contributed by atoms with van der Waals surface area (Å²) >= 11 is 6.18. The highest BCUT2D eigenvalue weighted by atomic mass is 35.5. The van der Waals surface area contributed by atoms with Crippen molar-refractivity contribution in [1.82, 2.24) is 19.5 Å². The maximum Gasteiger partial charge on any atom is 0.259 e. The van der Waals surface area contributed by atoms with Gasteiger partial charge in [-0.3, -0.25) is 4.79 Å². The van der Waals surface area contributed by atoms with Gasteiger partial charge in [0.15, 0.2) is 5.65 Å². The summed E-state index contributed by atoms with van der Waals surface area (Å²) in [4.78, 5) is 22.7. The fourth-order valence-electron chi connectivity index (χ4n) is 5.07. The van der Waals surface area contributed by atoms with Crippen LogP contribution in [0.15, 0.2) is 54.7 Å². The van der Waals surface area contributed by atoms with Crippen LogP contribution in [0.2, 0.25) is 5.02 Å². The first-order valence-electron chi connectivity index (χ1n) is 12.0. The number of anilines is 1. The van der Waals surface area contributed by atoms with Crippen molar-refractivity contribution >= 4 is 28.8 Å². The molecule has 1 saturated heterocycles. The highest BCUT2D eigenvalue weighted by Gasteiger charge is 2.30. The summed E-state index contributed by atoms with van der Waals surface area (Å²) in [5.41, 5.74) is 7.74. The van der Waals surface area contributed by atoms with Crippen molar-refractivity contribution in [2.75, 3.05) is 24.5 Å². The molecule has 4 aromatic rings. The summed E-state index contributed by atoms with van der Waals surface area (Å²) in [6.07, 6.45) is 2.38. The summed E-state index contributed by atoms with van der Waals surface area (Å²) in [6.45, 7) is 10.4. The van der Waals surface area contributed by atoms with E-state index in [4.69, 9.17) is 16.6 Å². The van der Waals surface area contributed by atoms with Gasteiger partial charge in [0.2, 0.25) is 0 Å². The third-order valence-electron chi connectivity index (χ3n) is 6.96. The standard InChI is InChI=1S/C28H30ClN5O/c1-18-7-5-10-24(13-18)33-12-11-32(17-19(33)2)28(35)26-16-30-34-21(4)25(20(3)31-27(26)34)15-22-8-6-9-23(29)14-22/h5-10,13-14,16,19H,11-12,15,17H2,1-4H3/t19-/m1/s1. The number of carbonyl (C=O) groups is 1. The van der Waals surface area contributed by atoms with Crippen LogP contribution in [0.3, 0.4) is 0 Å². The summed E-state index contributed by atoms with van der Waals surface area (Å²) < 4.78 is 1.80. The third-order valence-corrected chi connectivity index (χ3v) is 7.19. The van der Waals surface area contributed by atoms with Gasteiger partial charge in [0.1, 0.15) is 5.56 Å². The second-order valence-corrected chi connectivity index (χ2v) is 9.93. The van der Waals surface area contributed by atoms with Gasteiger partial charge in [0.25, 0.3) is 5.91 Å². The monoisotopic (exact) mass is 487 g/mol. The van der Waals surface area contributed by atoms with Crippen LogP contribution < -0.4 is 4.90 Å². The minimum Gasteiger partial charge on any atom is -0.365 e. The van der Waals surface area contributed by atoms with Crippen LogP contribution in [0.5, 0.6) is 0 Å². The Morgan fingerprint density at radius 2 is 1.89 bits per heavy atom. The van der Waals surface area contributed by atoms with Crippen LogP contribution in [0.25, 0.3) is 5.65 Å². The normalized spacial score (nSPS) is 16.2. The number of aromatic nitrogens is 3. The van der Waals surface area contributed by atoms with Crippen LogP contribution in [0.1, 0.15) is 45.4 Å². The Kier molecular flexibility index (Phi) is 6.24. The fraction of sp³-hybridized carbons (Fsp3) is 0.321. The van der Waals surface area contributed by atoms with E-state index in [2.05, 4.69) is 54.2 Å². The molecule has 0 spiro atoms. The number of rotatable bonds is 4. The zero-order valence-corrected chi connectivity index (χ0v) is 21.4. The van der Waals surface area contributed by atoms with E-state index in [1.807, 2.05) is 36.9 Å². The fourth-order valence-corrected chi connectivity index (χ4v) is 5.28. The van der Waals surface area contributed by atoms with Crippen molar-refractivity contribution in [1.29, 1.82) is 0 Å². The summed E-state index contributed by atoms with van der Waals surface area (Å²) in [5, 5.41) is 5.27. The number of nitrogens with zero attached hydrogens (tertiary/aromatic N) is 5. The van der Waals surface area contributed by atoms with Gasteiger partial charge in [-0.05, 0) is 68.7 Å². The Morgan fingerprint density at radius 3 is 2.63 bits per heavy atom. The second kappa shape index (κ2) is 9.34. The number of halogens is 1. The minimum absolute atomic E-state index is 0.00960. The number of hydrogen-bond donors (Lipinski definition) is 0. The van der Waals surface area contributed by atoms with Crippen molar-refractivity contribution < 1.29 is 4.79 Å². The van der Waals surface area contributed by atoms with Crippen LogP contribution in [0.4, 0.5) is 5.69 Å². The molecule has 2 aromatic carbocycles. The summed E-state index contributed by atoms with van der Waals surface area (Å²) in [6, 6.07) is 16.6. The van der Waals surface area contributed by atoms with Crippen molar-refractivity contribution in [2.24, 2.45) is 0 Å². The zero-order chi connectivity index (χ0) is 24.7. The second-order valence-electron chi connectivity index (χ2n) is 9.49. The molecule has 0 unspecified atom stereocenters. The predicted molar refractivity (Wildman–Crippen MR) is 141 cm³/mol. The molecule has 1 fully saturated rings. The number of piperazine rings is 1. The SMILES string of the molecule is Cc1cccc(N2CCN(C(=O)c3cnn4c(C)c(Cc5cccc(Cl)c5)c(C)nc34)C[C@H]2C)c1. The quantitative estimate of drug-likeness (QED) is 0.394. The molecule has 0 radical (unpaired) electrons. The van der Waals surface area contributed by atoms with E-state index in [0.717, 1.165) is 34.1 Å². The maximum atomic E-state index is 13.6. The molecular formula is C28H30ClN5O. The van der Waals surface area contributed by atoms with E-state index in [9.17, 15) is 4.79 Å². The van der Waals surface area contributed by atoms with Crippen LogP contribution in [-0.2, 0) is 6.42 Å². The molecule has 7 heteroatoms. The number of carbonyl (C=O) groups excluding carboxylic acids is 1. The highest BCUT2D eigenvalue weighted by Crippen LogP contribution is 2.25. The first-order chi connectivity index (χ1) is 16.8. The molecule has 35 heavy (non-hydrogen) atoms. The number of aryl methyl sites for hydroxylation is 3. The first-order valence-corrected chi connectivity index (χ1v) is 12.4. The number of hydrogen-bond acceptors (Lipinski definition) is 4. The lowest BCUT2D eigenvalue weighted by atomic mass is 10.0. The van der Waals surface area contributed by atoms with Crippen LogP contribution in [-0.4, -0.2) is 51.1 Å². The van der Waals surface area contributed by atoms with E-state index < -0.39 is 0 Å². The van der Waals surface area contributed by atoms with E-state index in [1.54, 1.807) is 10.7 Å². The number of benzene rings is 2. The Bertz CT molecular complexity index is 1410. The van der Waals surface area contributed by atoms with Gasteiger partial charge in [0, 0.05) is 54.2 Å². The highest BCUT2D eigenvalue weighted by molar-refractivity contribution is 6.30. The van der Waals surface area contributed by atoms with Gasteiger partial charge in [0.05, 0.1) is 6.20 Å². The van der Waals surface area contributed by atoms with Crippen LogP contribution in [0, 0.1) is 20.8 Å². The molecule has 0 N–H and O–H groups in total. The molecule has 3 heterocycles. The van der Waals surface area contributed by atoms with Gasteiger partial charge >= 0.3 is 0 Å². The molecule has 1 atom stereocenters. The molecule has 0 bridgehead atoms. The average Bonchev–Trinajstić information content (AvgIpc) is 3.25. The van der Waals surface area contributed by atoms with Gasteiger partial charge in [-0.2, -0.15) is 5.10 Å². The lowest BCUT2D eigenvalue weighted by Crippen LogP contribution is -2.53. The van der Waals surface area contributed by atoms with Crippen molar-refractivity contribution in [2.45, 2.75) is 40.2 Å².